The highest BCUT2D eigenvalue weighted by molar-refractivity contribution is 6.21. The molecule has 0 heterocycles. The Kier molecular flexibility index (Phi) is 6.95. The summed E-state index contributed by atoms with van der Waals surface area (Å²) in [5.41, 5.74) is 2.53. The van der Waals surface area contributed by atoms with Gasteiger partial charge in [0.05, 0.1) is 17.9 Å². The lowest BCUT2D eigenvalue weighted by Gasteiger charge is -2.25. The number of rotatable bonds is 6. The number of carbonyl (C=O) groups is 1. The van der Waals surface area contributed by atoms with E-state index in [9.17, 15) is 4.79 Å². The number of alkyl halides is 1. The van der Waals surface area contributed by atoms with Crippen LogP contribution < -0.4 is 0 Å². The zero-order valence-corrected chi connectivity index (χ0v) is 15.3. The van der Waals surface area contributed by atoms with Gasteiger partial charge in [0, 0.05) is 0 Å². The third-order valence-corrected chi connectivity index (χ3v) is 5.89. The molecule has 0 N–H and O–H groups in total. The van der Waals surface area contributed by atoms with Crippen LogP contribution in [0.4, 0.5) is 0 Å². The van der Waals surface area contributed by atoms with Crippen LogP contribution in [0.25, 0.3) is 0 Å². The Labute approximate surface area is 145 Å². The van der Waals surface area contributed by atoms with Crippen molar-refractivity contribution in [3.63, 3.8) is 0 Å². The number of benzene rings is 1. The average molecular weight is 337 g/mol. The van der Waals surface area contributed by atoms with Gasteiger partial charge < -0.3 is 4.74 Å². The molecular weight excluding hydrogens is 308 g/mol. The van der Waals surface area contributed by atoms with E-state index in [0.29, 0.717) is 12.5 Å². The minimum Gasteiger partial charge on any atom is -0.466 e. The van der Waals surface area contributed by atoms with E-state index in [-0.39, 0.29) is 23.2 Å². The van der Waals surface area contributed by atoms with Crippen molar-refractivity contribution in [3.05, 3.63) is 35.4 Å². The maximum Gasteiger partial charge on any atom is 0.308 e. The van der Waals surface area contributed by atoms with Crippen LogP contribution in [-0.4, -0.2) is 12.6 Å². The van der Waals surface area contributed by atoms with Crippen LogP contribution >= 0.6 is 11.6 Å². The number of hydrogen-bond donors (Lipinski definition) is 0. The van der Waals surface area contributed by atoms with Gasteiger partial charge in [0.2, 0.25) is 0 Å². The van der Waals surface area contributed by atoms with E-state index in [2.05, 4.69) is 24.3 Å². The van der Waals surface area contributed by atoms with E-state index in [1.165, 1.54) is 37.7 Å². The van der Waals surface area contributed by atoms with Gasteiger partial charge in [-0.3, -0.25) is 4.79 Å². The monoisotopic (exact) mass is 336 g/mol. The van der Waals surface area contributed by atoms with E-state index in [1.54, 1.807) is 0 Å². The maximum absolute atomic E-state index is 11.9. The van der Waals surface area contributed by atoms with Crippen molar-refractivity contribution in [2.24, 2.45) is 11.8 Å². The number of carbonyl (C=O) groups excluding carboxylic acids is 1. The Morgan fingerprint density at radius 1 is 1.17 bits per heavy atom. The highest BCUT2D eigenvalue weighted by atomic mass is 35.5. The van der Waals surface area contributed by atoms with Crippen molar-refractivity contribution < 1.29 is 9.53 Å². The van der Waals surface area contributed by atoms with Gasteiger partial charge in [-0.2, -0.15) is 0 Å². The summed E-state index contributed by atoms with van der Waals surface area (Å²) in [5, 5.41) is -0.171. The standard InChI is InChI=1S/C20H29ClO2/c1-4-23-20(22)15(3)14(2)19(21)18-12-10-17(11-13-18)16-8-6-5-7-9-16/h10-16,19H,4-9H2,1-3H3. The van der Waals surface area contributed by atoms with Crippen molar-refractivity contribution in [1.82, 2.24) is 0 Å². The first kappa shape index (κ1) is 18.3. The molecule has 0 saturated heterocycles. The third kappa shape index (κ3) is 4.73. The largest absolute Gasteiger partial charge is 0.466 e. The number of hydrogen-bond acceptors (Lipinski definition) is 2. The van der Waals surface area contributed by atoms with E-state index < -0.39 is 0 Å². The first-order chi connectivity index (χ1) is 11.0. The zero-order chi connectivity index (χ0) is 16.8. The molecule has 3 heteroatoms. The summed E-state index contributed by atoms with van der Waals surface area (Å²) in [5.74, 6) is 0.388. The maximum atomic E-state index is 11.9. The summed E-state index contributed by atoms with van der Waals surface area (Å²) < 4.78 is 5.11. The fourth-order valence-corrected chi connectivity index (χ4v) is 3.80. The Morgan fingerprint density at radius 3 is 2.35 bits per heavy atom. The van der Waals surface area contributed by atoms with Gasteiger partial charge in [0.15, 0.2) is 0 Å². The lowest BCUT2D eigenvalue weighted by molar-refractivity contribution is -0.149. The van der Waals surface area contributed by atoms with Crippen LogP contribution in [-0.2, 0) is 9.53 Å². The fraction of sp³-hybridized carbons (Fsp3) is 0.650. The van der Waals surface area contributed by atoms with Crippen LogP contribution in [0.3, 0.4) is 0 Å². The molecule has 1 aliphatic carbocycles. The van der Waals surface area contributed by atoms with Crippen molar-refractivity contribution in [2.45, 2.75) is 64.2 Å². The molecule has 2 nitrogen and oxygen atoms in total. The molecule has 1 aliphatic rings. The number of ether oxygens (including phenoxy) is 1. The molecule has 1 aromatic rings. The van der Waals surface area contributed by atoms with E-state index in [0.717, 1.165) is 5.56 Å². The van der Waals surface area contributed by atoms with Gasteiger partial charge in [0.25, 0.3) is 0 Å². The first-order valence-corrected chi connectivity index (χ1v) is 9.38. The Hall–Kier alpha value is -1.02. The minimum atomic E-state index is -0.199. The molecule has 0 aliphatic heterocycles. The molecule has 1 fully saturated rings. The third-order valence-electron chi connectivity index (χ3n) is 5.24. The molecule has 0 bridgehead atoms. The Balaban J connectivity index is 2.01. The number of esters is 1. The predicted octanol–water partition coefficient (Wildman–Crippen LogP) is 5.85. The van der Waals surface area contributed by atoms with Crippen molar-refractivity contribution >= 4 is 17.6 Å². The van der Waals surface area contributed by atoms with Crippen molar-refractivity contribution in [3.8, 4) is 0 Å². The van der Waals surface area contributed by atoms with E-state index in [1.807, 2.05) is 20.8 Å². The molecule has 0 spiro atoms. The second-order valence-corrected chi connectivity index (χ2v) is 7.27. The lowest BCUT2D eigenvalue weighted by Crippen LogP contribution is -2.24. The molecule has 1 saturated carbocycles. The first-order valence-electron chi connectivity index (χ1n) is 8.95. The van der Waals surface area contributed by atoms with E-state index in [4.69, 9.17) is 16.3 Å². The molecular formula is C20H29ClO2. The van der Waals surface area contributed by atoms with Crippen LogP contribution in [0, 0.1) is 11.8 Å². The minimum absolute atomic E-state index is 0.0382. The van der Waals surface area contributed by atoms with Gasteiger partial charge in [-0.1, -0.05) is 57.4 Å². The van der Waals surface area contributed by atoms with Gasteiger partial charge >= 0.3 is 5.97 Å². The lowest BCUT2D eigenvalue weighted by atomic mass is 9.83. The highest BCUT2D eigenvalue weighted by Gasteiger charge is 2.28. The molecule has 0 amide bonds. The second-order valence-electron chi connectivity index (χ2n) is 6.80. The topological polar surface area (TPSA) is 26.3 Å². The predicted molar refractivity (Wildman–Crippen MR) is 95.8 cm³/mol. The summed E-state index contributed by atoms with van der Waals surface area (Å²) in [6.07, 6.45) is 6.68. The van der Waals surface area contributed by atoms with Crippen LogP contribution in [0.1, 0.15) is 75.3 Å². The normalized spacial score (nSPS) is 19.8. The molecule has 3 atom stereocenters. The zero-order valence-electron chi connectivity index (χ0n) is 14.6. The molecule has 0 aromatic heterocycles. The van der Waals surface area contributed by atoms with Gasteiger partial charge in [-0.25, -0.2) is 0 Å². The van der Waals surface area contributed by atoms with Gasteiger partial charge in [-0.15, -0.1) is 11.6 Å². The van der Waals surface area contributed by atoms with Crippen LogP contribution in [0.2, 0.25) is 0 Å². The molecule has 2 rings (SSSR count). The van der Waals surface area contributed by atoms with Gasteiger partial charge in [-0.05, 0) is 42.7 Å². The summed E-state index contributed by atoms with van der Waals surface area (Å²) >= 11 is 6.63. The molecule has 0 radical (unpaired) electrons. The Morgan fingerprint density at radius 2 is 1.78 bits per heavy atom. The number of halogens is 1. The smallest absolute Gasteiger partial charge is 0.308 e. The van der Waals surface area contributed by atoms with Crippen LogP contribution in [0.15, 0.2) is 24.3 Å². The molecule has 3 unspecified atom stereocenters. The SMILES string of the molecule is CCOC(=O)C(C)C(C)C(Cl)c1ccc(C2CCCCC2)cc1. The molecule has 23 heavy (non-hydrogen) atoms. The Bertz CT molecular complexity index is 491. The van der Waals surface area contributed by atoms with Crippen molar-refractivity contribution in [1.29, 1.82) is 0 Å². The van der Waals surface area contributed by atoms with Crippen LogP contribution in [0.5, 0.6) is 0 Å². The van der Waals surface area contributed by atoms with Gasteiger partial charge in [0.1, 0.15) is 0 Å². The summed E-state index contributed by atoms with van der Waals surface area (Å²) in [6, 6.07) is 8.72. The van der Waals surface area contributed by atoms with Crippen molar-refractivity contribution in [2.75, 3.05) is 6.61 Å². The summed E-state index contributed by atoms with van der Waals surface area (Å²) in [7, 11) is 0. The average Bonchev–Trinajstić information content (AvgIpc) is 2.61. The molecule has 128 valence electrons. The quantitative estimate of drug-likeness (QED) is 0.481. The highest BCUT2D eigenvalue weighted by Crippen LogP contribution is 2.37. The fourth-order valence-electron chi connectivity index (χ4n) is 3.43. The summed E-state index contributed by atoms with van der Waals surface area (Å²) in [6.45, 7) is 6.17. The summed E-state index contributed by atoms with van der Waals surface area (Å²) in [4.78, 5) is 11.9. The molecule has 1 aromatic carbocycles. The van der Waals surface area contributed by atoms with E-state index >= 15 is 0 Å². The second kappa shape index (κ2) is 8.73.